The summed E-state index contributed by atoms with van der Waals surface area (Å²) < 4.78 is 0. The molecule has 2 aromatic rings. The molecule has 6 heteroatoms. The van der Waals surface area contributed by atoms with Crippen molar-refractivity contribution in [1.82, 2.24) is 20.8 Å². The molecule has 2 atom stereocenters. The maximum atomic E-state index is 12.1. The fraction of sp³-hybridized carbons (Fsp3) is 0.375. The first-order chi connectivity index (χ1) is 10.8. The Bertz CT molecular complexity index is 626. The highest BCUT2D eigenvalue weighted by Gasteiger charge is 2.22. The van der Waals surface area contributed by atoms with Crippen LogP contribution in [0.15, 0.2) is 36.5 Å². The first-order valence-electron chi connectivity index (χ1n) is 7.50. The maximum Gasteiger partial charge on any atom is 0.315 e. The number of aryl methyl sites for hydroxylation is 1. The molecule has 2 amide bonds. The molecule has 22 heavy (non-hydrogen) atoms. The molecule has 6 nitrogen and oxygen atoms in total. The Morgan fingerprint density at radius 2 is 2.23 bits per heavy atom. The van der Waals surface area contributed by atoms with E-state index in [1.54, 1.807) is 0 Å². The van der Waals surface area contributed by atoms with Gasteiger partial charge in [-0.15, -0.1) is 0 Å². The molecule has 0 fully saturated rings. The number of hydrogen-bond acceptors (Lipinski definition) is 3. The quantitative estimate of drug-likeness (QED) is 0.686. The van der Waals surface area contributed by atoms with Crippen LogP contribution in [0, 0.1) is 0 Å². The number of aliphatic hydroxyl groups excluding tert-OH is 1. The lowest BCUT2D eigenvalue weighted by Crippen LogP contribution is -2.46. The first kappa shape index (κ1) is 14.6. The monoisotopic (exact) mass is 300 g/mol. The Kier molecular flexibility index (Phi) is 4.39. The second-order valence-electron chi connectivity index (χ2n) is 5.58. The van der Waals surface area contributed by atoms with E-state index in [0.717, 1.165) is 30.5 Å². The van der Waals surface area contributed by atoms with Gasteiger partial charge in [0, 0.05) is 11.7 Å². The van der Waals surface area contributed by atoms with Gasteiger partial charge in [0.15, 0.2) is 0 Å². The number of benzene rings is 1. The number of aromatic amines is 1. The molecule has 4 N–H and O–H groups in total. The number of fused-ring (bicyclic) bond motifs is 1. The lowest BCUT2D eigenvalue weighted by molar-refractivity contribution is 0.213. The minimum absolute atomic E-state index is 0.0974. The normalized spacial score (nSPS) is 18.3. The molecule has 1 aliphatic carbocycles. The first-order valence-corrected chi connectivity index (χ1v) is 7.50. The smallest absolute Gasteiger partial charge is 0.315 e. The van der Waals surface area contributed by atoms with E-state index in [1.165, 1.54) is 5.56 Å². The van der Waals surface area contributed by atoms with Gasteiger partial charge in [-0.1, -0.05) is 30.3 Å². The number of nitrogens with zero attached hydrogens (tertiary/aromatic N) is 1. The van der Waals surface area contributed by atoms with Gasteiger partial charge < -0.3 is 15.7 Å². The number of aromatic nitrogens is 2. The van der Waals surface area contributed by atoms with Crippen LogP contribution in [-0.4, -0.2) is 34.0 Å². The molecule has 0 aliphatic heterocycles. The average molecular weight is 300 g/mol. The minimum atomic E-state index is -0.394. The second kappa shape index (κ2) is 6.62. The van der Waals surface area contributed by atoms with E-state index in [-0.39, 0.29) is 18.7 Å². The van der Waals surface area contributed by atoms with Crippen LogP contribution in [0.25, 0.3) is 0 Å². The van der Waals surface area contributed by atoms with E-state index in [9.17, 15) is 9.90 Å². The molecular formula is C16H20N4O2. The van der Waals surface area contributed by atoms with Crippen LogP contribution in [0.2, 0.25) is 0 Å². The lowest BCUT2D eigenvalue weighted by atomic mass is 9.94. The van der Waals surface area contributed by atoms with E-state index in [4.69, 9.17) is 0 Å². The highest BCUT2D eigenvalue weighted by molar-refractivity contribution is 5.75. The Morgan fingerprint density at radius 1 is 1.41 bits per heavy atom. The van der Waals surface area contributed by atoms with Gasteiger partial charge in [0.2, 0.25) is 0 Å². The summed E-state index contributed by atoms with van der Waals surface area (Å²) in [7, 11) is 0. The Balaban J connectivity index is 1.56. The molecule has 1 aromatic heterocycles. The van der Waals surface area contributed by atoms with Crippen LogP contribution in [-0.2, 0) is 12.8 Å². The third-order valence-electron chi connectivity index (χ3n) is 4.04. The zero-order valence-corrected chi connectivity index (χ0v) is 12.2. The zero-order valence-electron chi connectivity index (χ0n) is 12.2. The topological polar surface area (TPSA) is 90.0 Å². The fourth-order valence-corrected chi connectivity index (χ4v) is 2.84. The van der Waals surface area contributed by atoms with Gasteiger partial charge in [-0.3, -0.25) is 5.10 Å². The number of urea groups is 1. The van der Waals surface area contributed by atoms with Gasteiger partial charge >= 0.3 is 6.03 Å². The maximum absolute atomic E-state index is 12.1. The van der Waals surface area contributed by atoms with Crippen molar-refractivity contribution in [3.8, 4) is 0 Å². The summed E-state index contributed by atoms with van der Waals surface area (Å²) in [4.78, 5) is 12.1. The summed E-state index contributed by atoms with van der Waals surface area (Å²) >= 11 is 0. The van der Waals surface area contributed by atoms with Gasteiger partial charge in [0.1, 0.15) is 0 Å². The van der Waals surface area contributed by atoms with Crippen LogP contribution in [0.1, 0.15) is 29.3 Å². The third kappa shape index (κ3) is 3.28. The summed E-state index contributed by atoms with van der Waals surface area (Å²) in [5.74, 6) is 0. The van der Waals surface area contributed by atoms with Crippen molar-refractivity contribution in [1.29, 1.82) is 0 Å². The average Bonchev–Trinajstić information content (AvgIpc) is 3.01. The predicted molar refractivity (Wildman–Crippen MR) is 82.3 cm³/mol. The van der Waals surface area contributed by atoms with E-state index in [0.29, 0.717) is 0 Å². The lowest BCUT2D eigenvalue weighted by Gasteiger charge is -2.24. The molecule has 1 aromatic carbocycles. The highest BCUT2D eigenvalue weighted by atomic mass is 16.3. The fourth-order valence-electron chi connectivity index (χ4n) is 2.84. The predicted octanol–water partition coefficient (Wildman–Crippen LogP) is 1.30. The van der Waals surface area contributed by atoms with Crippen molar-refractivity contribution in [3.63, 3.8) is 0 Å². The molecule has 0 spiro atoms. The number of aliphatic hydroxyl groups is 1. The van der Waals surface area contributed by atoms with E-state index >= 15 is 0 Å². The van der Waals surface area contributed by atoms with Gasteiger partial charge in [0.25, 0.3) is 0 Å². The van der Waals surface area contributed by atoms with Gasteiger partial charge in [-0.05, 0) is 30.4 Å². The summed E-state index contributed by atoms with van der Waals surface area (Å²) in [5, 5.41) is 22.3. The van der Waals surface area contributed by atoms with E-state index in [2.05, 4.69) is 20.8 Å². The molecule has 3 rings (SSSR count). The van der Waals surface area contributed by atoms with Crippen molar-refractivity contribution in [2.75, 3.05) is 6.61 Å². The summed E-state index contributed by atoms with van der Waals surface area (Å²) in [5.41, 5.74) is 3.22. The van der Waals surface area contributed by atoms with Crippen LogP contribution >= 0.6 is 0 Å². The zero-order chi connectivity index (χ0) is 15.4. The van der Waals surface area contributed by atoms with Crippen molar-refractivity contribution in [2.24, 2.45) is 0 Å². The Hall–Kier alpha value is -2.34. The largest absolute Gasteiger partial charge is 0.394 e. The van der Waals surface area contributed by atoms with Crippen LogP contribution in [0.4, 0.5) is 4.79 Å². The number of nitrogens with one attached hydrogen (secondary N) is 3. The number of hydrogen-bond donors (Lipinski definition) is 4. The van der Waals surface area contributed by atoms with Gasteiger partial charge in [-0.25, -0.2) is 4.79 Å². The highest BCUT2D eigenvalue weighted by Crippen LogP contribution is 2.19. The number of carbonyl (C=O) groups is 1. The van der Waals surface area contributed by atoms with Crippen LogP contribution in [0.5, 0.6) is 0 Å². The summed E-state index contributed by atoms with van der Waals surface area (Å²) in [6.07, 6.45) is 4.39. The van der Waals surface area contributed by atoms with Gasteiger partial charge in [-0.2, -0.15) is 5.10 Å². The second-order valence-corrected chi connectivity index (χ2v) is 5.58. The SMILES string of the molecule is O=C(NC1CCc2[nH]ncc2C1)NC(CO)c1ccccc1. The third-order valence-corrected chi connectivity index (χ3v) is 4.04. The number of rotatable bonds is 4. The summed E-state index contributed by atoms with van der Waals surface area (Å²) in [6.45, 7) is -0.131. The number of amides is 2. The minimum Gasteiger partial charge on any atom is -0.394 e. The Morgan fingerprint density at radius 3 is 3.00 bits per heavy atom. The molecule has 2 unspecified atom stereocenters. The molecule has 116 valence electrons. The van der Waals surface area contributed by atoms with Crippen molar-refractivity contribution >= 4 is 6.03 Å². The van der Waals surface area contributed by atoms with Gasteiger partial charge in [0.05, 0.1) is 18.8 Å². The van der Waals surface area contributed by atoms with Crippen molar-refractivity contribution in [3.05, 3.63) is 53.3 Å². The molecule has 0 radical (unpaired) electrons. The molecular weight excluding hydrogens is 280 g/mol. The molecule has 0 saturated carbocycles. The van der Waals surface area contributed by atoms with Crippen molar-refractivity contribution in [2.45, 2.75) is 31.3 Å². The van der Waals surface area contributed by atoms with Crippen LogP contribution in [0.3, 0.4) is 0 Å². The van der Waals surface area contributed by atoms with Crippen molar-refractivity contribution < 1.29 is 9.90 Å². The Labute approximate surface area is 128 Å². The van der Waals surface area contributed by atoms with E-state index < -0.39 is 6.04 Å². The molecule has 1 heterocycles. The molecule has 1 aliphatic rings. The molecule has 0 bridgehead atoms. The summed E-state index contributed by atoms with van der Waals surface area (Å²) in [6, 6.07) is 8.91. The van der Waals surface area contributed by atoms with Crippen LogP contribution < -0.4 is 10.6 Å². The molecule has 0 saturated heterocycles. The number of H-pyrrole nitrogens is 1. The number of carbonyl (C=O) groups excluding carboxylic acids is 1. The standard InChI is InChI=1S/C16H20N4O2/c21-10-15(11-4-2-1-3-5-11)19-16(22)18-13-6-7-14-12(8-13)9-17-20-14/h1-5,9,13,15,21H,6-8,10H2,(H,17,20)(H2,18,19,22). The van der Waals surface area contributed by atoms with E-state index in [1.807, 2.05) is 36.5 Å².